The molecule has 0 aliphatic carbocycles. The molecule has 0 amide bonds. The van der Waals surface area contributed by atoms with Gasteiger partial charge in [0.05, 0.1) is 19.8 Å². The number of hydrogen-bond donors (Lipinski definition) is 2. The first-order valence-electron chi connectivity index (χ1n) is 11.4. The van der Waals surface area contributed by atoms with Crippen LogP contribution in [0.2, 0.25) is 0 Å². The second kappa shape index (κ2) is 14.2. The molecule has 0 aromatic heterocycles. The average molecular weight is 414 g/mol. The Morgan fingerprint density at radius 2 is 1.57 bits per heavy atom. The normalized spacial score (nSPS) is 13.2. The molecule has 0 saturated carbocycles. The van der Waals surface area contributed by atoms with Crippen molar-refractivity contribution in [2.75, 3.05) is 19.8 Å². The van der Waals surface area contributed by atoms with Gasteiger partial charge in [-0.15, -0.1) is 0 Å². The lowest BCUT2D eigenvalue weighted by atomic mass is 9.90. The van der Waals surface area contributed by atoms with Crippen molar-refractivity contribution in [1.29, 1.82) is 0 Å². The lowest BCUT2D eigenvalue weighted by molar-refractivity contribution is 0.0825. The van der Waals surface area contributed by atoms with Crippen LogP contribution in [0.15, 0.2) is 54.6 Å². The van der Waals surface area contributed by atoms with E-state index in [4.69, 9.17) is 15.2 Å². The number of benzene rings is 2. The van der Waals surface area contributed by atoms with Gasteiger partial charge in [0.1, 0.15) is 5.75 Å². The second-order valence-electron chi connectivity index (χ2n) is 8.22. The highest BCUT2D eigenvalue weighted by atomic mass is 16.5. The number of aliphatic hydroxyl groups excluding tert-OH is 1. The molecular weight excluding hydrogens is 374 g/mol. The molecule has 0 fully saturated rings. The zero-order valence-electron chi connectivity index (χ0n) is 18.5. The number of rotatable bonds is 16. The number of hydrogen-bond acceptors (Lipinski definition) is 4. The highest BCUT2D eigenvalue weighted by Crippen LogP contribution is 2.19. The standard InChI is InChI=1S/C26H39NO3/c1-2-3-4-5-9-19-30-25-14-12-23(13-15-25)16-17-26(27,22-28)18-20-29-21-24-10-7-6-8-11-24/h6-8,10-15,28H,2-5,9,16-22,27H2,1H3/t26-/m0/s1. The summed E-state index contributed by atoms with van der Waals surface area (Å²) in [6, 6.07) is 18.3. The fraction of sp³-hybridized carbons (Fsp3) is 0.538. The Morgan fingerprint density at radius 1 is 0.833 bits per heavy atom. The number of nitrogens with two attached hydrogens (primary N) is 1. The van der Waals surface area contributed by atoms with Crippen LogP contribution in [0.3, 0.4) is 0 Å². The van der Waals surface area contributed by atoms with Crippen LogP contribution in [0.5, 0.6) is 5.75 Å². The Bertz CT molecular complexity index is 674. The summed E-state index contributed by atoms with van der Waals surface area (Å²) >= 11 is 0. The van der Waals surface area contributed by atoms with Crippen molar-refractivity contribution in [2.45, 2.75) is 70.4 Å². The van der Waals surface area contributed by atoms with E-state index in [-0.39, 0.29) is 6.61 Å². The Balaban J connectivity index is 1.66. The molecule has 30 heavy (non-hydrogen) atoms. The van der Waals surface area contributed by atoms with Gasteiger partial charge in [-0.05, 0) is 48.9 Å². The summed E-state index contributed by atoms with van der Waals surface area (Å²) in [5.41, 5.74) is 8.15. The highest BCUT2D eigenvalue weighted by Gasteiger charge is 2.23. The van der Waals surface area contributed by atoms with E-state index in [0.717, 1.165) is 37.2 Å². The van der Waals surface area contributed by atoms with E-state index in [1.54, 1.807) is 0 Å². The molecule has 0 bridgehead atoms. The molecule has 1 atom stereocenters. The summed E-state index contributed by atoms with van der Waals surface area (Å²) in [4.78, 5) is 0. The molecule has 0 aliphatic heterocycles. The van der Waals surface area contributed by atoms with Crippen LogP contribution in [0.4, 0.5) is 0 Å². The zero-order chi connectivity index (χ0) is 21.5. The highest BCUT2D eigenvalue weighted by molar-refractivity contribution is 5.27. The maximum atomic E-state index is 9.80. The minimum absolute atomic E-state index is 0.0408. The Morgan fingerprint density at radius 3 is 2.27 bits per heavy atom. The third-order valence-corrected chi connectivity index (χ3v) is 5.52. The Kier molecular flexibility index (Phi) is 11.5. The molecular formula is C26H39NO3. The van der Waals surface area contributed by atoms with E-state index >= 15 is 0 Å². The predicted octanol–water partition coefficient (Wildman–Crippen LogP) is 5.27. The van der Waals surface area contributed by atoms with Crippen molar-refractivity contribution in [2.24, 2.45) is 5.73 Å². The van der Waals surface area contributed by atoms with Gasteiger partial charge in [0, 0.05) is 12.1 Å². The number of aryl methyl sites for hydroxylation is 1. The van der Waals surface area contributed by atoms with Gasteiger partial charge in [-0.3, -0.25) is 0 Å². The Labute approximate surface area is 182 Å². The second-order valence-corrected chi connectivity index (χ2v) is 8.22. The van der Waals surface area contributed by atoms with Gasteiger partial charge >= 0.3 is 0 Å². The van der Waals surface area contributed by atoms with Gasteiger partial charge in [0.15, 0.2) is 0 Å². The summed E-state index contributed by atoms with van der Waals surface area (Å²) < 4.78 is 11.6. The molecule has 2 rings (SSSR count). The monoisotopic (exact) mass is 413 g/mol. The zero-order valence-corrected chi connectivity index (χ0v) is 18.5. The van der Waals surface area contributed by atoms with Crippen LogP contribution in [0.25, 0.3) is 0 Å². The van der Waals surface area contributed by atoms with Gasteiger partial charge in [0.2, 0.25) is 0 Å². The van der Waals surface area contributed by atoms with E-state index in [1.807, 2.05) is 42.5 Å². The van der Waals surface area contributed by atoms with Gasteiger partial charge in [-0.25, -0.2) is 0 Å². The lowest BCUT2D eigenvalue weighted by Gasteiger charge is -2.27. The largest absolute Gasteiger partial charge is 0.494 e. The van der Waals surface area contributed by atoms with Crippen molar-refractivity contribution in [3.05, 3.63) is 65.7 Å². The first-order chi connectivity index (χ1) is 14.6. The topological polar surface area (TPSA) is 64.7 Å². The molecule has 3 N–H and O–H groups in total. The molecule has 0 heterocycles. The summed E-state index contributed by atoms with van der Waals surface area (Å²) in [5, 5.41) is 9.80. The van der Waals surface area contributed by atoms with Crippen LogP contribution in [0.1, 0.15) is 63.0 Å². The molecule has 4 nitrogen and oxygen atoms in total. The number of ether oxygens (including phenoxy) is 2. The van der Waals surface area contributed by atoms with Gasteiger partial charge < -0.3 is 20.3 Å². The van der Waals surface area contributed by atoms with E-state index in [1.165, 1.54) is 31.2 Å². The molecule has 166 valence electrons. The number of aliphatic hydroxyl groups is 1. The van der Waals surface area contributed by atoms with E-state index in [2.05, 4.69) is 19.1 Å². The smallest absolute Gasteiger partial charge is 0.119 e. The van der Waals surface area contributed by atoms with Crippen LogP contribution >= 0.6 is 0 Å². The molecule has 0 saturated heterocycles. The maximum Gasteiger partial charge on any atom is 0.119 e. The first kappa shape index (κ1) is 24.4. The minimum atomic E-state index is -0.621. The van der Waals surface area contributed by atoms with Gasteiger partial charge in [-0.2, -0.15) is 0 Å². The molecule has 2 aromatic rings. The fourth-order valence-electron chi connectivity index (χ4n) is 3.36. The van der Waals surface area contributed by atoms with E-state index in [9.17, 15) is 5.11 Å². The summed E-state index contributed by atoms with van der Waals surface area (Å²) in [7, 11) is 0. The van der Waals surface area contributed by atoms with Crippen molar-refractivity contribution >= 4 is 0 Å². The molecule has 0 radical (unpaired) electrons. The average Bonchev–Trinajstić information content (AvgIpc) is 2.79. The minimum Gasteiger partial charge on any atom is -0.494 e. The summed E-state index contributed by atoms with van der Waals surface area (Å²) in [6.45, 7) is 4.08. The lowest BCUT2D eigenvalue weighted by Crippen LogP contribution is -2.45. The van der Waals surface area contributed by atoms with Gasteiger partial charge in [0.25, 0.3) is 0 Å². The van der Waals surface area contributed by atoms with Crippen molar-refractivity contribution in [1.82, 2.24) is 0 Å². The van der Waals surface area contributed by atoms with Crippen LogP contribution in [-0.2, 0) is 17.8 Å². The Hall–Kier alpha value is -1.88. The van der Waals surface area contributed by atoms with Crippen LogP contribution in [0, 0.1) is 0 Å². The third kappa shape index (κ3) is 9.75. The maximum absolute atomic E-state index is 9.80. The fourth-order valence-corrected chi connectivity index (χ4v) is 3.36. The van der Waals surface area contributed by atoms with E-state index in [0.29, 0.717) is 19.6 Å². The predicted molar refractivity (Wildman–Crippen MR) is 124 cm³/mol. The van der Waals surface area contributed by atoms with Crippen molar-refractivity contribution < 1.29 is 14.6 Å². The molecule has 4 heteroatoms. The third-order valence-electron chi connectivity index (χ3n) is 5.52. The van der Waals surface area contributed by atoms with Gasteiger partial charge in [-0.1, -0.05) is 75.1 Å². The molecule has 2 aromatic carbocycles. The van der Waals surface area contributed by atoms with E-state index < -0.39 is 5.54 Å². The summed E-state index contributed by atoms with van der Waals surface area (Å²) in [5.74, 6) is 0.921. The van der Waals surface area contributed by atoms with Crippen molar-refractivity contribution in [3.63, 3.8) is 0 Å². The quantitative estimate of drug-likeness (QED) is 0.368. The molecule has 0 unspecified atom stereocenters. The van der Waals surface area contributed by atoms with Crippen LogP contribution < -0.4 is 10.5 Å². The van der Waals surface area contributed by atoms with Crippen LogP contribution in [-0.4, -0.2) is 30.5 Å². The SMILES string of the molecule is CCCCCCCOc1ccc(CC[C@@](N)(CO)CCOCc2ccccc2)cc1. The van der Waals surface area contributed by atoms with Crippen molar-refractivity contribution in [3.8, 4) is 5.75 Å². The summed E-state index contributed by atoms with van der Waals surface area (Å²) in [6.07, 6.45) is 8.40. The number of unbranched alkanes of at least 4 members (excludes halogenated alkanes) is 4. The molecule has 0 spiro atoms. The first-order valence-corrected chi connectivity index (χ1v) is 11.4. The molecule has 0 aliphatic rings.